The van der Waals surface area contributed by atoms with Crippen molar-refractivity contribution in [1.82, 2.24) is 24.3 Å². The third-order valence-electron chi connectivity index (χ3n) is 8.14. The summed E-state index contributed by atoms with van der Waals surface area (Å²) in [6.07, 6.45) is 4.10. The molecule has 2 aromatic heterocycles. The van der Waals surface area contributed by atoms with E-state index in [1.165, 1.54) is 34.8 Å². The number of amides is 3. The maximum Gasteiger partial charge on any atom is 0.407 e. The second kappa shape index (κ2) is 18.4. The number of hydrogen-bond donors (Lipinski definition) is 2. The number of rotatable bonds is 17. The van der Waals surface area contributed by atoms with E-state index in [0.717, 1.165) is 18.2 Å². The highest BCUT2D eigenvalue weighted by Gasteiger charge is 2.23. The number of halogens is 2. The van der Waals surface area contributed by atoms with E-state index in [2.05, 4.69) is 35.0 Å². The highest BCUT2D eigenvalue weighted by molar-refractivity contribution is 6.76. The number of para-hydroxylation sites is 1. The summed E-state index contributed by atoms with van der Waals surface area (Å²) in [5.74, 6) is -2.05. The van der Waals surface area contributed by atoms with Crippen molar-refractivity contribution in [2.75, 3.05) is 33.1 Å². The largest absolute Gasteiger partial charge is 0.486 e. The summed E-state index contributed by atoms with van der Waals surface area (Å²) in [6, 6.07) is 11.5. The van der Waals surface area contributed by atoms with Gasteiger partial charge in [0.1, 0.15) is 36.7 Å². The molecule has 0 aliphatic heterocycles. The Morgan fingerprint density at radius 1 is 1.08 bits per heavy atom. The molecule has 4 rings (SSSR count). The zero-order valence-electron chi connectivity index (χ0n) is 30.8. The molecule has 0 saturated heterocycles. The standard InChI is InChI=1S/C37H46F2N6O7Si/c1-43(2)33(46)15-8-7-12-28(41-37(49)50-3)35(47)40-29-13-10-18-44(36(29)48)22-32-42-34-25(23-52-31-17-16-26(38)21-27(31)39)11-9-14-30(34)45(32)24-51-19-20-53(4,5)6/h8-11,13-18,21,28H,7,12,19-20,22-24H2,1-6H3,(H,40,47)(H,41,49)/b15-8+. The van der Waals surface area contributed by atoms with Gasteiger partial charge in [-0.05, 0) is 55.3 Å². The summed E-state index contributed by atoms with van der Waals surface area (Å²) >= 11 is 0. The molecule has 1 unspecified atom stereocenters. The lowest BCUT2D eigenvalue weighted by atomic mass is 10.1. The van der Waals surface area contributed by atoms with E-state index in [-0.39, 0.29) is 50.1 Å². The van der Waals surface area contributed by atoms with Gasteiger partial charge in [-0.25, -0.2) is 18.6 Å². The monoisotopic (exact) mass is 752 g/mol. The summed E-state index contributed by atoms with van der Waals surface area (Å²) in [7, 11) is 3.01. The van der Waals surface area contributed by atoms with Crippen LogP contribution in [0.2, 0.25) is 25.7 Å². The minimum Gasteiger partial charge on any atom is -0.486 e. The molecular formula is C37H46F2N6O7Si. The van der Waals surface area contributed by atoms with E-state index in [9.17, 15) is 28.0 Å². The number of imidazole rings is 1. The fraction of sp³-hybridized carbons (Fsp3) is 0.378. The quantitative estimate of drug-likeness (QED) is 0.0817. The van der Waals surface area contributed by atoms with Crippen molar-refractivity contribution in [3.8, 4) is 5.75 Å². The lowest BCUT2D eigenvalue weighted by Gasteiger charge is -2.18. The third-order valence-corrected chi connectivity index (χ3v) is 9.85. The zero-order valence-corrected chi connectivity index (χ0v) is 31.8. The summed E-state index contributed by atoms with van der Waals surface area (Å²) in [5, 5.41) is 5.10. The molecule has 4 aromatic rings. The van der Waals surface area contributed by atoms with Crippen LogP contribution in [0, 0.1) is 11.6 Å². The van der Waals surface area contributed by atoms with Gasteiger partial charge in [-0.1, -0.05) is 37.8 Å². The van der Waals surface area contributed by atoms with Gasteiger partial charge in [0, 0.05) is 46.6 Å². The molecule has 53 heavy (non-hydrogen) atoms. The van der Waals surface area contributed by atoms with Crippen LogP contribution in [0.4, 0.5) is 19.3 Å². The van der Waals surface area contributed by atoms with Gasteiger partial charge in [0.2, 0.25) is 11.8 Å². The number of likely N-dealkylation sites (N-methyl/N-ethyl adjacent to an activating group) is 1. The Morgan fingerprint density at radius 3 is 2.55 bits per heavy atom. The molecule has 3 amide bonds. The number of benzene rings is 2. The van der Waals surface area contributed by atoms with Crippen molar-refractivity contribution in [1.29, 1.82) is 0 Å². The van der Waals surface area contributed by atoms with Crippen LogP contribution in [0.3, 0.4) is 0 Å². The number of allylic oxidation sites excluding steroid dienone is 1. The average Bonchev–Trinajstić information content (AvgIpc) is 3.45. The second-order valence-corrected chi connectivity index (χ2v) is 19.3. The Morgan fingerprint density at radius 2 is 1.85 bits per heavy atom. The Balaban J connectivity index is 1.60. The first-order chi connectivity index (χ1) is 25.2. The number of nitrogens with zero attached hydrogens (tertiary/aromatic N) is 4. The Labute approximate surface area is 307 Å². The predicted molar refractivity (Wildman–Crippen MR) is 199 cm³/mol. The van der Waals surface area contributed by atoms with Crippen molar-refractivity contribution < 1.29 is 37.4 Å². The Kier molecular flexibility index (Phi) is 14.0. The highest BCUT2D eigenvalue weighted by atomic mass is 28.3. The number of anilines is 1. The summed E-state index contributed by atoms with van der Waals surface area (Å²) in [4.78, 5) is 57.2. The maximum absolute atomic E-state index is 14.3. The molecule has 0 spiro atoms. The van der Waals surface area contributed by atoms with E-state index in [1.54, 1.807) is 38.5 Å². The van der Waals surface area contributed by atoms with Crippen LogP contribution in [0.1, 0.15) is 24.2 Å². The predicted octanol–water partition coefficient (Wildman–Crippen LogP) is 5.50. The van der Waals surface area contributed by atoms with Crippen LogP contribution in [-0.2, 0) is 38.9 Å². The maximum atomic E-state index is 14.3. The number of carbonyl (C=O) groups excluding carboxylic acids is 3. The smallest absolute Gasteiger partial charge is 0.407 e. The number of fused-ring (bicyclic) bond motifs is 1. The van der Waals surface area contributed by atoms with Gasteiger partial charge in [-0.2, -0.15) is 0 Å². The first kappa shape index (κ1) is 40.4. The first-order valence-electron chi connectivity index (χ1n) is 17.0. The summed E-state index contributed by atoms with van der Waals surface area (Å²) in [6.45, 7) is 7.37. The Bertz CT molecular complexity index is 2010. The topological polar surface area (TPSA) is 146 Å². The van der Waals surface area contributed by atoms with E-state index in [4.69, 9.17) is 14.5 Å². The van der Waals surface area contributed by atoms with Gasteiger partial charge in [-0.15, -0.1) is 0 Å². The van der Waals surface area contributed by atoms with E-state index >= 15 is 0 Å². The average molecular weight is 753 g/mol. The van der Waals surface area contributed by atoms with Gasteiger partial charge in [0.25, 0.3) is 5.56 Å². The van der Waals surface area contributed by atoms with Crippen LogP contribution >= 0.6 is 0 Å². The number of alkyl carbamates (subject to hydrolysis) is 1. The van der Waals surface area contributed by atoms with Crippen LogP contribution < -0.4 is 20.9 Å². The van der Waals surface area contributed by atoms with Crippen molar-refractivity contribution >= 4 is 42.7 Å². The van der Waals surface area contributed by atoms with Crippen molar-refractivity contribution in [3.63, 3.8) is 0 Å². The highest BCUT2D eigenvalue weighted by Crippen LogP contribution is 2.25. The molecule has 0 bridgehead atoms. The van der Waals surface area contributed by atoms with Crippen molar-refractivity contribution in [2.24, 2.45) is 0 Å². The molecular weight excluding hydrogens is 707 g/mol. The van der Waals surface area contributed by atoms with Gasteiger partial charge < -0.3 is 38.9 Å². The van der Waals surface area contributed by atoms with Gasteiger partial charge in [0.05, 0.1) is 24.7 Å². The third kappa shape index (κ3) is 11.6. The van der Waals surface area contributed by atoms with Crippen molar-refractivity contribution in [2.45, 2.75) is 64.5 Å². The number of aromatic nitrogens is 3. The Hall–Kier alpha value is -5.35. The van der Waals surface area contributed by atoms with E-state index in [0.29, 0.717) is 29.0 Å². The number of ether oxygens (including phenoxy) is 3. The van der Waals surface area contributed by atoms with Crippen LogP contribution in [0.15, 0.2) is 71.7 Å². The number of carbonyl (C=O) groups is 3. The lowest BCUT2D eigenvalue weighted by molar-refractivity contribution is -0.123. The fourth-order valence-electron chi connectivity index (χ4n) is 5.11. The van der Waals surface area contributed by atoms with E-state index in [1.807, 2.05) is 16.7 Å². The molecule has 13 nitrogen and oxygen atoms in total. The van der Waals surface area contributed by atoms with Crippen LogP contribution in [0.5, 0.6) is 5.75 Å². The molecule has 2 aromatic carbocycles. The number of hydrogen-bond acceptors (Lipinski definition) is 8. The lowest BCUT2D eigenvalue weighted by Crippen LogP contribution is -2.44. The molecule has 0 radical (unpaired) electrons. The summed E-state index contributed by atoms with van der Waals surface area (Å²) in [5.41, 5.74) is 1.32. The van der Waals surface area contributed by atoms with Gasteiger partial charge in [-0.3, -0.25) is 14.4 Å². The summed E-state index contributed by atoms with van der Waals surface area (Å²) < 4.78 is 47.5. The molecule has 2 heterocycles. The van der Waals surface area contributed by atoms with E-state index < -0.39 is 43.3 Å². The number of pyridine rings is 1. The molecule has 0 fully saturated rings. The van der Waals surface area contributed by atoms with Crippen LogP contribution in [0.25, 0.3) is 11.0 Å². The molecule has 1 atom stereocenters. The first-order valence-corrected chi connectivity index (χ1v) is 20.7. The molecule has 0 aliphatic carbocycles. The van der Waals surface area contributed by atoms with Crippen molar-refractivity contribution in [3.05, 3.63) is 100 Å². The molecule has 16 heteroatoms. The number of methoxy groups -OCH3 is 1. The second-order valence-electron chi connectivity index (χ2n) is 13.7. The normalized spacial score (nSPS) is 12.2. The minimum atomic E-state index is -1.38. The number of nitrogens with one attached hydrogen (secondary N) is 2. The zero-order chi connectivity index (χ0) is 38.7. The molecule has 0 aliphatic rings. The molecule has 2 N–H and O–H groups in total. The molecule has 0 saturated carbocycles. The van der Waals surface area contributed by atoms with Crippen LogP contribution in [-0.4, -0.2) is 78.9 Å². The SMILES string of the molecule is COC(=O)NC(CC/C=C/C(=O)N(C)C)C(=O)Nc1cccn(Cc2nc3c(COc4ccc(F)cc4F)cccc3n2COCC[Si](C)(C)C)c1=O. The molecule has 284 valence electrons. The minimum absolute atomic E-state index is 0.00394. The fourth-order valence-corrected chi connectivity index (χ4v) is 5.87. The van der Waals surface area contributed by atoms with Gasteiger partial charge >= 0.3 is 6.09 Å². The van der Waals surface area contributed by atoms with Gasteiger partial charge in [0.15, 0.2) is 11.6 Å².